The third kappa shape index (κ3) is 9.44. The van der Waals surface area contributed by atoms with E-state index < -0.39 is 89.8 Å². The van der Waals surface area contributed by atoms with E-state index in [1.165, 1.54) is 16.4 Å². The van der Waals surface area contributed by atoms with Gasteiger partial charge in [-0.1, -0.05) is 45.9 Å². The molecule has 6 amide bonds. The van der Waals surface area contributed by atoms with Gasteiger partial charge < -0.3 is 36.2 Å². The van der Waals surface area contributed by atoms with Gasteiger partial charge in [-0.2, -0.15) is 0 Å². The first kappa shape index (κ1) is 38.8. The normalized spacial score (nSPS) is 24.7. The number of hydrogen-bond donors (Lipinski definition) is 5. The first-order valence-corrected chi connectivity index (χ1v) is 17.5. The lowest BCUT2D eigenvalue weighted by Crippen LogP contribution is -2.61. The first-order chi connectivity index (χ1) is 23.9. The van der Waals surface area contributed by atoms with E-state index in [2.05, 4.69) is 26.6 Å². The van der Waals surface area contributed by atoms with E-state index in [1.807, 2.05) is 0 Å². The van der Waals surface area contributed by atoms with Crippen molar-refractivity contribution >= 4 is 52.4 Å². The second-order valence-electron chi connectivity index (χ2n) is 14.9. The molecule has 0 radical (unpaired) electrons. The Morgan fingerprint density at radius 1 is 0.863 bits per heavy atom. The molecule has 4 rings (SSSR count). The average molecular weight is 710 g/mol. The number of benzene rings is 1. The van der Waals surface area contributed by atoms with Crippen LogP contribution in [0.5, 0.6) is 0 Å². The summed E-state index contributed by atoms with van der Waals surface area (Å²) in [7, 11) is 0. The van der Waals surface area contributed by atoms with Gasteiger partial charge in [0, 0.05) is 24.5 Å². The van der Waals surface area contributed by atoms with Gasteiger partial charge in [-0.25, -0.2) is 4.79 Å². The van der Waals surface area contributed by atoms with E-state index >= 15 is 0 Å². The van der Waals surface area contributed by atoms with Crippen LogP contribution in [-0.2, 0) is 39.9 Å². The minimum absolute atomic E-state index is 0.0924. The maximum atomic E-state index is 14.0. The maximum absolute atomic E-state index is 14.0. The number of aromatic nitrogens is 1. The highest BCUT2D eigenvalue weighted by atomic mass is 16.6. The molecule has 51 heavy (non-hydrogen) atoms. The monoisotopic (exact) mass is 709 g/mol. The van der Waals surface area contributed by atoms with Crippen LogP contribution in [0.2, 0.25) is 0 Å². The van der Waals surface area contributed by atoms with Crippen LogP contribution in [0.3, 0.4) is 0 Å². The molecule has 0 bridgehead atoms. The number of para-hydroxylation sites is 1. The minimum Gasteiger partial charge on any atom is -0.443 e. The molecule has 2 saturated heterocycles. The summed E-state index contributed by atoms with van der Waals surface area (Å²) in [5, 5.41) is 14.0. The van der Waals surface area contributed by atoms with E-state index in [0.717, 1.165) is 0 Å². The van der Waals surface area contributed by atoms with Crippen molar-refractivity contribution in [3.8, 4) is 0 Å². The Morgan fingerprint density at radius 2 is 1.53 bits per heavy atom. The van der Waals surface area contributed by atoms with Gasteiger partial charge in [-0.3, -0.25) is 33.3 Å². The molecule has 0 saturated carbocycles. The second-order valence-corrected chi connectivity index (χ2v) is 14.9. The van der Waals surface area contributed by atoms with E-state index in [4.69, 9.17) is 4.74 Å². The lowest BCUT2D eigenvalue weighted by atomic mass is 9.99. The van der Waals surface area contributed by atoms with Crippen molar-refractivity contribution in [1.82, 2.24) is 36.1 Å². The molecule has 2 aliphatic rings. The summed E-state index contributed by atoms with van der Waals surface area (Å²) >= 11 is 0. The number of hydrogen-bond acceptors (Lipinski definition) is 8. The Bertz CT molecular complexity index is 1680. The summed E-state index contributed by atoms with van der Waals surface area (Å²) in [5.41, 5.74) is 0.296. The zero-order chi connectivity index (χ0) is 37.8. The standard InChI is InChI=1S/C36H51N7O8/c1-19(2)28-33(48)39-24(16-22-18-43(35(50)51-36(6,7)8)25-13-10-9-12-23(22)25)31(46)38-21(5)30(45)37-17-27(44)40-29(20(3)4)34(49)42-15-11-14-26(42)32(47)41-28/h9-10,12-13,18-21,24,26,28-29H,11,14-17H2,1-8H3,(H,37,45)(H,38,46)(H,39,48)(H,40,44)(H,41,47)/t21-,24-,26-,28-,29-/m0/s1. The molecule has 15 heteroatoms. The highest BCUT2D eigenvalue weighted by Crippen LogP contribution is 2.25. The number of ether oxygens (including phenoxy) is 1. The molecule has 1 aromatic carbocycles. The number of nitrogens with one attached hydrogen (secondary N) is 5. The molecule has 5 N–H and O–H groups in total. The third-order valence-corrected chi connectivity index (χ3v) is 8.95. The topological polar surface area (TPSA) is 197 Å². The number of carbonyl (C=O) groups excluding carboxylic acids is 7. The predicted molar refractivity (Wildman–Crippen MR) is 188 cm³/mol. The van der Waals surface area contributed by atoms with Crippen LogP contribution in [-0.4, -0.2) is 99.9 Å². The Balaban J connectivity index is 1.71. The van der Waals surface area contributed by atoms with Gasteiger partial charge in [0.05, 0.1) is 12.1 Å². The van der Waals surface area contributed by atoms with Gasteiger partial charge in [0.2, 0.25) is 35.4 Å². The summed E-state index contributed by atoms with van der Waals surface area (Å²) in [4.78, 5) is 95.8. The minimum atomic E-state index is -1.26. The van der Waals surface area contributed by atoms with Crippen molar-refractivity contribution in [3.05, 3.63) is 36.0 Å². The summed E-state index contributed by atoms with van der Waals surface area (Å²) in [6, 6.07) is 1.75. The Labute approximate surface area is 297 Å². The summed E-state index contributed by atoms with van der Waals surface area (Å²) < 4.78 is 6.94. The first-order valence-electron chi connectivity index (χ1n) is 17.5. The van der Waals surface area contributed by atoms with Gasteiger partial charge >= 0.3 is 6.09 Å². The van der Waals surface area contributed by atoms with E-state index in [0.29, 0.717) is 35.9 Å². The van der Waals surface area contributed by atoms with Crippen LogP contribution < -0.4 is 26.6 Å². The smallest absolute Gasteiger partial charge is 0.419 e. The van der Waals surface area contributed by atoms with Crippen LogP contribution in [0.25, 0.3) is 10.9 Å². The van der Waals surface area contributed by atoms with Crippen molar-refractivity contribution in [2.24, 2.45) is 11.8 Å². The maximum Gasteiger partial charge on any atom is 0.419 e. The summed E-state index contributed by atoms with van der Waals surface area (Å²) in [5.74, 6) is -4.31. The van der Waals surface area contributed by atoms with Crippen LogP contribution >= 0.6 is 0 Å². The fraction of sp³-hybridized carbons (Fsp3) is 0.583. The molecular weight excluding hydrogens is 658 g/mol. The largest absolute Gasteiger partial charge is 0.443 e. The Morgan fingerprint density at radius 3 is 2.18 bits per heavy atom. The van der Waals surface area contributed by atoms with Gasteiger partial charge in [0.25, 0.3) is 0 Å². The predicted octanol–water partition coefficient (Wildman–Crippen LogP) is 1.36. The van der Waals surface area contributed by atoms with Crippen LogP contribution in [0, 0.1) is 11.8 Å². The van der Waals surface area contributed by atoms with Crippen molar-refractivity contribution in [1.29, 1.82) is 0 Å². The van der Waals surface area contributed by atoms with Crippen molar-refractivity contribution in [2.45, 2.75) is 110 Å². The lowest BCUT2D eigenvalue weighted by Gasteiger charge is -2.32. The van der Waals surface area contributed by atoms with Gasteiger partial charge in [0.1, 0.15) is 35.8 Å². The van der Waals surface area contributed by atoms with Crippen molar-refractivity contribution in [2.75, 3.05) is 13.1 Å². The zero-order valence-corrected chi connectivity index (χ0v) is 30.6. The van der Waals surface area contributed by atoms with Crippen LogP contribution in [0.1, 0.15) is 73.8 Å². The van der Waals surface area contributed by atoms with Gasteiger partial charge in [-0.05, 0) is 64.0 Å². The summed E-state index contributed by atoms with van der Waals surface area (Å²) in [6.07, 6.45) is 1.75. The molecule has 15 nitrogen and oxygen atoms in total. The number of fused-ring (bicyclic) bond motifs is 2. The van der Waals surface area contributed by atoms with Crippen molar-refractivity contribution < 1.29 is 38.3 Å². The molecule has 278 valence electrons. The Hall–Kier alpha value is -4.95. The SMILES string of the molecule is CC(C)[C@@H]1NC(=O)[C@@H]2CCCN2C(=O)[C@H](C(C)C)NC(=O)CNC(=O)[C@H](C)NC(=O)[C@H](Cc2cn(C(=O)OC(C)(C)C)c3ccccc23)NC1=O. The highest BCUT2D eigenvalue weighted by Gasteiger charge is 2.41. The molecular formula is C36H51N7O8. The van der Waals surface area contributed by atoms with E-state index in [1.54, 1.807) is 78.9 Å². The Kier molecular flexibility index (Phi) is 12.1. The van der Waals surface area contributed by atoms with E-state index in [-0.39, 0.29) is 12.3 Å². The van der Waals surface area contributed by atoms with Gasteiger partial charge in [0.15, 0.2) is 0 Å². The lowest BCUT2D eigenvalue weighted by molar-refractivity contribution is -0.143. The molecule has 0 spiro atoms. The molecule has 2 aromatic rings. The van der Waals surface area contributed by atoms with Crippen molar-refractivity contribution in [3.63, 3.8) is 0 Å². The van der Waals surface area contributed by atoms with Crippen LogP contribution in [0.15, 0.2) is 30.5 Å². The molecule has 5 atom stereocenters. The third-order valence-electron chi connectivity index (χ3n) is 8.95. The van der Waals surface area contributed by atoms with Gasteiger partial charge in [-0.15, -0.1) is 0 Å². The molecule has 0 unspecified atom stereocenters. The average Bonchev–Trinajstić information content (AvgIpc) is 3.68. The molecule has 1 aromatic heterocycles. The summed E-state index contributed by atoms with van der Waals surface area (Å²) in [6.45, 7) is 13.5. The number of nitrogens with zero attached hydrogens (tertiary/aromatic N) is 2. The second kappa shape index (κ2) is 15.9. The molecule has 2 fully saturated rings. The fourth-order valence-corrected chi connectivity index (χ4v) is 6.27. The molecule has 3 heterocycles. The molecule has 0 aliphatic carbocycles. The quantitative estimate of drug-likeness (QED) is 0.314. The number of rotatable bonds is 4. The number of amides is 6. The van der Waals surface area contributed by atoms with E-state index in [9.17, 15) is 33.6 Å². The molecule has 2 aliphatic heterocycles. The zero-order valence-electron chi connectivity index (χ0n) is 30.6. The number of carbonyl (C=O) groups is 7. The van der Waals surface area contributed by atoms with Crippen LogP contribution in [0.4, 0.5) is 4.79 Å². The fourth-order valence-electron chi connectivity index (χ4n) is 6.27. The highest BCUT2D eigenvalue weighted by molar-refractivity contribution is 5.98.